The lowest BCUT2D eigenvalue weighted by Crippen LogP contribution is -2.43. The van der Waals surface area contributed by atoms with Gasteiger partial charge in [0.05, 0.1) is 0 Å². The zero-order valence-corrected chi connectivity index (χ0v) is 17.8. The molecule has 1 saturated heterocycles. The number of likely N-dealkylation sites (N-methyl/N-ethyl adjacent to an activating group) is 1. The van der Waals surface area contributed by atoms with E-state index in [1.54, 1.807) is 38.2 Å². The Hall–Kier alpha value is -2.38. The molecular formula is C20H19BrClN3O3. The van der Waals surface area contributed by atoms with Crippen LogP contribution in [-0.4, -0.2) is 41.2 Å². The Bertz CT molecular complexity index is 935. The maximum Gasteiger partial charge on any atom is 0.325 e. The monoisotopic (exact) mass is 463 g/mol. The van der Waals surface area contributed by atoms with E-state index in [1.807, 2.05) is 24.3 Å². The SMILES string of the molecule is CN(Cc1ccccc1Br)C(=O)CN1C(=O)NC(C)(c2ccc(Cl)cc2)C1=O. The minimum Gasteiger partial charge on any atom is -0.340 e. The second-order valence-corrected chi connectivity index (χ2v) is 8.09. The van der Waals surface area contributed by atoms with Crippen molar-refractivity contribution in [3.05, 3.63) is 69.2 Å². The Morgan fingerprint density at radius 2 is 1.82 bits per heavy atom. The first-order valence-corrected chi connectivity index (χ1v) is 9.77. The molecule has 0 radical (unpaired) electrons. The van der Waals surface area contributed by atoms with Crippen molar-refractivity contribution in [1.29, 1.82) is 0 Å². The average molecular weight is 465 g/mol. The van der Waals surface area contributed by atoms with E-state index in [9.17, 15) is 14.4 Å². The van der Waals surface area contributed by atoms with Gasteiger partial charge in [0.25, 0.3) is 5.91 Å². The topological polar surface area (TPSA) is 69.7 Å². The van der Waals surface area contributed by atoms with E-state index in [-0.39, 0.29) is 12.5 Å². The third kappa shape index (κ3) is 3.91. The smallest absolute Gasteiger partial charge is 0.325 e. The summed E-state index contributed by atoms with van der Waals surface area (Å²) in [5, 5.41) is 3.22. The summed E-state index contributed by atoms with van der Waals surface area (Å²) in [6.07, 6.45) is 0. The highest BCUT2D eigenvalue weighted by molar-refractivity contribution is 9.10. The minimum atomic E-state index is -1.23. The van der Waals surface area contributed by atoms with E-state index in [0.717, 1.165) is 14.9 Å². The standard InChI is InChI=1S/C20H19BrClN3O3/c1-20(14-7-9-15(22)10-8-14)18(27)25(19(28)23-20)12-17(26)24(2)11-13-5-3-4-6-16(13)21/h3-10H,11-12H2,1-2H3,(H,23,28). The molecule has 2 aromatic rings. The molecule has 6 nitrogen and oxygen atoms in total. The normalized spacial score (nSPS) is 18.9. The summed E-state index contributed by atoms with van der Waals surface area (Å²) < 4.78 is 0.889. The summed E-state index contributed by atoms with van der Waals surface area (Å²) in [6, 6.07) is 13.7. The van der Waals surface area contributed by atoms with Gasteiger partial charge in [-0.05, 0) is 36.2 Å². The van der Waals surface area contributed by atoms with Crippen LogP contribution in [0, 0.1) is 0 Å². The number of hydrogen-bond donors (Lipinski definition) is 1. The first kappa shape index (κ1) is 20.4. The number of halogens is 2. The molecule has 1 aliphatic heterocycles. The molecule has 0 spiro atoms. The molecule has 28 heavy (non-hydrogen) atoms. The summed E-state index contributed by atoms with van der Waals surface area (Å²) in [6.45, 7) is 1.65. The van der Waals surface area contributed by atoms with Crippen molar-refractivity contribution in [2.75, 3.05) is 13.6 Å². The number of rotatable bonds is 5. The van der Waals surface area contributed by atoms with Gasteiger partial charge in [0.15, 0.2) is 0 Å². The summed E-state index contributed by atoms with van der Waals surface area (Å²) >= 11 is 9.35. The third-order valence-corrected chi connectivity index (χ3v) is 5.81. The molecule has 1 atom stereocenters. The molecule has 1 heterocycles. The zero-order chi connectivity index (χ0) is 20.5. The van der Waals surface area contributed by atoms with E-state index in [0.29, 0.717) is 17.1 Å². The molecule has 3 rings (SSSR count). The first-order chi connectivity index (χ1) is 13.2. The van der Waals surface area contributed by atoms with Crippen LogP contribution in [0.4, 0.5) is 4.79 Å². The van der Waals surface area contributed by atoms with Crippen LogP contribution < -0.4 is 5.32 Å². The zero-order valence-electron chi connectivity index (χ0n) is 15.4. The Labute approximate surface area is 176 Å². The van der Waals surface area contributed by atoms with Gasteiger partial charge in [-0.15, -0.1) is 0 Å². The number of amides is 4. The van der Waals surface area contributed by atoms with Crippen molar-refractivity contribution >= 4 is 45.4 Å². The van der Waals surface area contributed by atoms with Crippen molar-refractivity contribution in [3.63, 3.8) is 0 Å². The van der Waals surface area contributed by atoms with Crippen LogP contribution in [-0.2, 0) is 21.7 Å². The molecule has 4 amide bonds. The number of benzene rings is 2. The minimum absolute atomic E-state index is 0.325. The quantitative estimate of drug-likeness (QED) is 0.688. The lowest BCUT2D eigenvalue weighted by Gasteiger charge is -2.23. The van der Waals surface area contributed by atoms with Gasteiger partial charge in [0.1, 0.15) is 12.1 Å². The van der Waals surface area contributed by atoms with Gasteiger partial charge in [0.2, 0.25) is 5.91 Å². The molecule has 8 heteroatoms. The number of hydrogen-bond acceptors (Lipinski definition) is 3. The predicted molar refractivity (Wildman–Crippen MR) is 110 cm³/mol. The molecule has 0 saturated carbocycles. The van der Waals surface area contributed by atoms with E-state index in [4.69, 9.17) is 11.6 Å². The molecule has 2 aromatic carbocycles. The third-order valence-electron chi connectivity index (χ3n) is 4.78. The first-order valence-electron chi connectivity index (χ1n) is 8.60. The van der Waals surface area contributed by atoms with Crippen LogP contribution in [0.1, 0.15) is 18.1 Å². The highest BCUT2D eigenvalue weighted by atomic mass is 79.9. The maximum atomic E-state index is 12.9. The summed E-state index contributed by atoms with van der Waals surface area (Å²) in [4.78, 5) is 40.4. The lowest BCUT2D eigenvalue weighted by atomic mass is 9.92. The highest BCUT2D eigenvalue weighted by Gasteiger charge is 2.49. The molecule has 146 valence electrons. The van der Waals surface area contributed by atoms with Gasteiger partial charge in [-0.25, -0.2) is 4.79 Å². The fraction of sp³-hybridized carbons (Fsp3) is 0.250. The second-order valence-electron chi connectivity index (χ2n) is 6.79. The number of urea groups is 1. The van der Waals surface area contributed by atoms with Crippen LogP contribution >= 0.6 is 27.5 Å². The van der Waals surface area contributed by atoms with Crippen LogP contribution in [0.15, 0.2) is 53.0 Å². The van der Waals surface area contributed by atoms with Gasteiger partial charge in [0, 0.05) is 23.1 Å². The van der Waals surface area contributed by atoms with Crippen molar-refractivity contribution < 1.29 is 14.4 Å². The van der Waals surface area contributed by atoms with E-state index in [1.165, 1.54) is 4.90 Å². The van der Waals surface area contributed by atoms with Gasteiger partial charge >= 0.3 is 6.03 Å². The van der Waals surface area contributed by atoms with E-state index in [2.05, 4.69) is 21.2 Å². The molecule has 1 aliphatic rings. The molecule has 1 N–H and O–H groups in total. The van der Waals surface area contributed by atoms with Gasteiger partial charge in [-0.1, -0.05) is 57.9 Å². The summed E-state index contributed by atoms with van der Waals surface area (Å²) in [5.41, 5.74) is 0.302. The Morgan fingerprint density at radius 1 is 1.18 bits per heavy atom. The highest BCUT2D eigenvalue weighted by Crippen LogP contribution is 2.29. The Balaban J connectivity index is 1.72. The van der Waals surface area contributed by atoms with Crippen molar-refractivity contribution in [1.82, 2.24) is 15.1 Å². The van der Waals surface area contributed by atoms with Crippen molar-refractivity contribution in [3.8, 4) is 0 Å². The van der Waals surface area contributed by atoms with Crippen LogP contribution in [0.2, 0.25) is 5.02 Å². The van der Waals surface area contributed by atoms with Crippen molar-refractivity contribution in [2.24, 2.45) is 0 Å². The summed E-state index contributed by atoms with van der Waals surface area (Å²) in [5.74, 6) is -0.804. The number of nitrogens with zero attached hydrogens (tertiary/aromatic N) is 2. The summed E-state index contributed by atoms with van der Waals surface area (Å²) in [7, 11) is 1.64. The van der Waals surface area contributed by atoms with Crippen LogP contribution in [0.25, 0.3) is 0 Å². The fourth-order valence-corrected chi connectivity index (χ4v) is 3.58. The molecular weight excluding hydrogens is 446 g/mol. The molecule has 1 unspecified atom stereocenters. The van der Waals surface area contributed by atoms with E-state index >= 15 is 0 Å². The number of carbonyl (C=O) groups excluding carboxylic acids is 3. The molecule has 0 aromatic heterocycles. The Kier molecular flexibility index (Phi) is 5.76. The molecule has 0 bridgehead atoms. The number of nitrogens with one attached hydrogen (secondary N) is 1. The van der Waals surface area contributed by atoms with Crippen LogP contribution in [0.3, 0.4) is 0 Å². The Morgan fingerprint density at radius 3 is 2.46 bits per heavy atom. The number of carbonyl (C=O) groups is 3. The van der Waals surface area contributed by atoms with Gasteiger partial charge in [-0.2, -0.15) is 0 Å². The van der Waals surface area contributed by atoms with Crippen LogP contribution in [0.5, 0.6) is 0 Å². The second kappa shape index (κ2) is 7.93. The molecule has 0 aliphatic carbocycles. The fourth-order valence-electron chi connectivity index (χ4n) is 3.05. The predicted octanol–water partition coefficient (Wildman–Crippen LogP) is 3.53. The maximum absolute atomic E-state index is 12.9. The lowest BCUT2D eigenvalue weighted by molar-refractivity contribution is -0.138. The van der Waals surface area contributed by atoms with E-state index < -0.39 is 17.5 Å². The van der Waals surface area contributed by atoms with Gasteiger partial charge in [-0.3, -0.25) is 14.5 Å². The average Bonchev–Trinajstić information content (AvgIpc) is 2.88. The number of imide groups is 1. The molecule has 1 fully saturated rings. The largest absolute Gasteiger partial charge is 0.340 e. The van der Waals surface area contributed by atoms with Crippen molar-refractivity contribution in [2.45, 2.75) is 19.0 Å². The van der Waals surface area contributed by atoms with Gasteiger partial charge < -0.3 is 10.2 Å².